The number of fused-ring (bicyclic) bond motifs is 3. The molecule has 0 radical (unpaired) electrons. The number of hydrogen-bond acceptors (Lipinski definition) is 6. The topological polar surface area (TPSA) is 127 Å². The number of nitrogens with zero attached hydrogens (tertiary/aromatic N) is 6. The van der Waals surface area contributed by atoms with Crippen molar-refractivity contribution in [3.63, 3.8) is 0 Å². The van der Waals surface area contributed by atoms with Crippen molar-refractivity contribution in [1.29, 1.82) is 0 Å². The summed E-state index contributed by atoms with van der Waals surface area (Å²) in [5.41, 5.74) is 3.45. The van der Waals surface area contributed by atoms with Crippen LogP contribution >= 0.6 is 0 Å². The second kappa shape index (κ2) is 10.3. The highest BCUT2D eigenvalue weighted by Crippen LogP contribution is 2.34. The van der Waals surface area contributed by atoms with Crippen molar-refractivity contribution >= 4 is 34.8 Å². The van der Waals surface area contributed by atoms with Crippen molar-refractivity contribution < 1.29 is 19.1 Å². The Bertz CT molecular complexity index is 1270. The number of ether oxygens (including phenoxy) is 1. The van der Waals surface area contributed by atoms with Crippen LogP contribution in [-0.2, 0) is 35.5 Å². The van der Waals surface area contributed by atoms with E-state index in [1.165, 1.54) is 7.11 Å². The Labute approximate surface area is 208 Å². The number of amides is 4. The summed E-state index contributed by atoms with van der Waals surface area (Å²) >= 11 is 0. The number of hydrogen-bond donors (Lipinski definition) is 2. The van der Waals surface area contributed by atoms with E-state index >= 15 is 0 Å². The van der Waals surface area contributed by atoms with Crippen LogP contribution in [0.15, 0.2) is 30.6 Å². The molecule has 0 spiro atoms. The molecule has 3 aromatic rings. The zero-order valence-electron chi connectivity index (χ0n) is 20.3. The van der Waals surface area contributed by atoms with Gasteiger partial charge in [0.15, 0.2) is 0 Å². The minimum atomic E-state index is -0.389. The third-order valence-electron chi connectivity index (χ3n) is 6.65. The number of imidazole rings is 1. The first-order valence-corrected chi connectivity index (χ1v) is 12.2. The van der Waals surface area contributed by atoms with Gasteiger partial charge >= 0.3 is 12.1 Å². The number of anilines is 1. The second-order valence-corrected chi connectivity index (χ2v) is 8.86. The highest BCUT2D eigenvalue weighted by molar-refractivity contribution is 5.95. The summed E-state index contributed by atoms with van der Waals surface area (Å²) in [6.07, 6.45) is 5.42. The first kappa shape index (κ1) is 23.6. The average molecular weight is 495 g/mol. The maximum absolute atomic E-state index is 12.9. The van der Waals surface area contributed by atoms with Crippen LogP contribution < -0.4 is 15.5 Å². The number of nitrogens with one attached hydrogen (secondary N) is 2. The number of benzene rings is 1. The summed E-state index contributed by atoms with van der Waals surface area (Å²) in [5, 5.41) is 9.96. The van der Waals surface area contributed by atoms with Crippen LogP contribution in [0.2, 0.25) is 0 Å². The van der Waals surface area contributed by atoms with Gasteiger partial charge in [-0.3, -0.25) is 14.4 Å². The molecule has 1 aromatic carbocycles. The first-order valence-electron chi connectivity index (χ1n) is 12.2. The Morgan fingerprint density at radius 2 is 2.11 bits per heavy atom. The van der Waals surface area contributed by atoms with Crippen LogP contribution in [0.1, 0.15) is 17.8 Å². The van der Waals surface area contributed by atoms with E-state index < -0.39 is 0 Å². The van der Waals surface area contributed by atoms with Crippen molar-refractivity contribution in [3.8, 4) is 0 Å². The summed E-state index contributed by atoms with van der Waals surface area (Å²) in [6, 6.07) is 5.60. The summed E-state index contributed by atoms with van der Waals surface area (Å²) < 4.78 is 8.74. The molecule has 12 nitrogen and oxygen atoms in total. The number of carbonyl (C=O) groups is 3. The number of rotatable bonds is 8. The molecule has 190 valence electrons. The Morgan fingerprint density at radius 1 is 1.22 bits per heavy atom. The predicted molar refractivity (Wildman–Crippen MR) is 132 cm³/mol. The van der Waals surface area contributed by atoms with E-state index in [9.17, 15) is 14.4 Å². The van der Waals surface area contributed by atoms with Crippen LogP contribution in [-0.4, -0.2) is 82.1 Å². The highest BCUT2D eigenvalue weighted by atomic mass is 16.5. The van der Waals surface area contributed by atoms with Gasteiger partial charge in [-0.2, -0.15) is 5.10 Å². The molecular formula is C24H30N8O4. The quantitative estimate of drug-likeness (QED) is 0.484. The molecule has 1 saturated heterocycles. The zero-order chi connectivity index (χ0) is 25.1. The van der Waals surface area contributed by atoms with E-state index in [2.05, 4.69) is 15.7 Å². The predicted octanol–water partition coefficient (Wildman–Crippen LogP) is 1.14. The van der Waals surface area contributed by atoms with E-state index in [1.807, 2.05) is 33.6 Å². The monoisotopic (exact) mass is 494 g/mol. The molecule has 5 rings (SSSR count). The van der Waals surface area contributed by atoms with Crippen LogP contribution in [0.4, 0.5) is 15.3 Å². The summed E-state index contributed by atoms with van der Waals surface area (Å²) in [5.74, 6) is 0.626. The Morgan fingerprint density at radius 3 is 2.86 bits per heavy atom. The Kier molecular flexibility index (Phi) is 6.74. The lowest BCUT2D eigenvalue weighted by molar-refractivity contribution is -0.121. The van der Waals surface area contributed by atoms with Crippen LogP contribution in [0.5, 0.6) is 0 Å². The molecule has 1 fully saturated rings. The lowest BCUT2D eigenvalue weighted by Gasteiger charge is -2.28. The largest absolute Gasteiger partial charge is 0.452 e. The smallest absolute Gasteiger partial charge is 0.414 e. The average Bonchev–Trinajstić information content (AvgIpc) is 3.63. The van der Waals surface area contributed by atoms with E-state index in [1.54, 1.807) is 16.0 Å². The third-order valence-corrected chi connectivity index (χ3v) is 6.65. The van der Waals surface area contributed by atoms with Gasteiger partial charge in [0.25, 0.3) is 0 Å². The molecular weight excluding hydrogens is 464 g/mol. The zero-order valence-corrected chi connectivity index (χ0v) is 20.3. The minimum absolute atomic E-state index is 0.100. The van der Waals surface area contributed by atoms with Gasteiger partial charge in [0.1, 0.15) is 12.4 Å². The molecule has 2 N–H and O–H groups in total. The standard InChI is InChI=1S/C24H30N8O4/c1-36-24(35)31-12-2-4-17-18(31)5-6-19-22(17)28-20(7-13-30-11-3-8-27-30)32(19)16-21(33)25-9-14-29-15-10-26-23(29)34/h3,5-6,8,11H,2,4,7,9-10,12-16H2,1H3,(H,25,33)(H,26,34). The molecule has 0 saturated carbocycles. The molecule has 2 aliphatic heterocycles. The van der Waals surface area contributed by atoms with Crippen molar-refractivity contribution in [2.24, 2.45) is 0 Å². The van der Waals surface area contributed by atoms with E-state index in [-0.39, 0.29) is 24.6 Å². The molecule has 4 heterocycles. The third kappa shape index (κ3) is 4.70. The van der Waals surface area contributed by atoms with Gasteiger partial charge in [0.2, 0.25) is 5.91 Å². The SMILES string of the molecule is COC(=O)N1CCCc2c1ccc1c2nc(CCn2cccn2)n1CC(=O)NCCN1CCNC1=O. The van der Waals surface area contributed by atoms with E-state index in [0.29, 0.717) is 45.7 Å². The summed E-state index contributed by atoms with van der Waals surface area (Å²) in [4.78, 5) is 45.2. The van der Waals surface area contributed by atoms with E-state index in [4.69, 9.17) is 9.72 Å². The van der Waals surface area contributed by atoms with Crippen molar-refractivity contribution in [1.82, 2.24) is 34.9 Å². The number of urea groups is 1. The van der Waals surface area contributed by atoms with Crippen molar-refractivity contribution in [3.05, 3.63) is 42.0 Å². The second-order valence-electron chi connectivity index (χ2n) is 8.86. The molecule has 0 bridgehead atoms. The maximum Gasteiger partial charge on any atom is 0.414 e. The van der Waals surface area contributed by atoms with Gasteiger partial charge in [-0.05, 0) is 31.0 Å². The number of methoxy groups -OCH3 is 1. The van der Waals surface area contributed by atoms with Gasteiger partial charge < -0.3 is 24.8 Å². The lowest BCUT2D eigenvalue weighted by atomic mass is 10.0. The highest BCUT2D eigenvalue weighted by Gasteiger charge is 2.27. The maximum atomic E-state index is 12.9. The Balaban J connectivity index is 1.40. The fourth-order valence-electron chi connectivity index (χ4n) is 4.89. The van der Waals surface area contributed by atoms with Gasteiger partial charge in [-0.15, -0.1) is 0 Å². The molecule has 4 amide bonds. The fourth-order valence-corrected chi connectivity index (χ4v) is 4.89. The van der Waals surface area contributed by atoms with Crippen LogP contribution in [0.25, 0.3) is 11.0 Å². The van der Waals surface area contributed by atoms with E-state index in [0.717, 1.165) is 41.0 Å². The first-order chi connectivity index (χ1) is 17.5. The molecule has 2 aliphatic rings. The molecule has 0 atom stereocenters. The fraction of sp³-hybridized carbons (Fsp3) is 0.458. The van der Waals surface area contributed by atoms with Crippen molar-refractivity contribution in [2.75, 3.05) is 44.7 Å². The molecule has 36 heavy (non-hydrogen) atoms. The normalized spacial score (nSPS) is 15.2. The van der Waals surface area contributed by atoms with Crippen LogP contribution in [0, 0.1) is 0 Å². The van der Waals surface area contributed by atoms with Gasteiger partial charge in [0.05, 0.1) is 23.8 Å². The number of aryl methyl sites for hydroxylation is 3. The molecule has 2 aromatic heterocycles. The van der Waals surface area contributed by atoms with Gasteiger partial charge in [0, 0.05) is 63.6 Å². The van der Waals surface area contributed by atoms with Crippen LogP contribution in [0.3, 0.4) is 0 Å². The summed E-state index contributed by atoms with van der Waals surface area (Å²) in [6.45, 7) is 3.44. The lowest BCUT2D eigenvalue weighted by Crippen LogP contribution is -2.38. The molecule has 12 heteroatoms. The van der Waals surface area contributed by atoms with Gasteiger partial charge in [-0.1, -0.05) is 0 Å². The number of aromatic nitrogens is 4. The van der Waals surface area contributed by atoms with Crippen molar-refractivity contribution in [2.45, 2.75) is 32.4 Å². The van der Waals surface area contributed by atoms with Gasteiger partial charge in [-0.25, -0.2) is 14.6 Å². The molecule has 0 unspecified atom stereocenters. The summed E-state index contributed by atoms with van der Waals surface area (Å²) in [7, 11) is 1.38. The minimum Gasteiger partial charge on any atom is -0.452 e. The Hall–Kier alpha value is -4.09. The number of carbonyl (C=O) groups excluding carboxylic acids is 3. The molecule has 0 aliphatic carbocycles.